The number of ether oxygens (including phenoxy) is 4. The quantitative estimate of drug-likeness (QED) is 0.0432. The molecule has 28 nitrogen and oxygen atoms in total. The van der Waals surface area contributed by atoms with Gasteiger partial charge in [-0.25, -0.2) is 0 Å². The minimum Gasteiger partial charge on any atom is -0.508 e. The fraction of sp³-hybridized carbons (Fsp3) is 0.436. The Morgan fingerprint density at radius 2 is 0.786 bits per heavy atom. The highest BCUT2D eigenvalue weighted by Crippen LogP contribution is 2.46. The number of nitrogens with one attached hydrogen (secondary N) is 2. The van der Waals surface area contributed by atoms with Crippen LogP contribution in [0.3, 0.4) is 0 Å². The molecule has 0 radical (unpaired) electrons. The Morgan fingerprint density at radius 3 is 1.16 bits per heavy atom. The number of phenols is 1. The van der Waals surface area contributed by atoms with Crippen LogP contribution >= 0.6 is 46.4 Å². The second-order valence-electron chi connectivity index (χ2n) is 34.1. The van der Waals surface area contributed by atoms with Gasteiger partial charge in [0.05, 0.1) is 37.0 Å². The van der Waals surface area contributed by atoms with E-state index in [0.717, 1.165) is 147 Å². The molecular formula is C94H103Cl4N11O17. The summed E-state index contributed by atoms with van der Waals surface area (Å²) in [7, 11) is 0. The average Bonchev–Trinajstić information content (AvgIpc) is 0.798. The summed E-state index contributed by atoms with van der Waals surface area (Å²) in [5.41, 5.74) is 10.8. The van der Waals surface area contributed by atoms with E-state index in [1.54, 1.807) is 90.6 Å². The summed E-state index contributed by atoms with van der Waals surface area (Å²) in [4.78, 5) is 111. The molecule has 3 aromatic heterocycles. The van der Waals surface area contributed by atoms with Crippen LogP contribution in [-0.2, 0) is 88.6 Å². The van der Waals surface area contributed by atoms with Crippen LogP contribution in [0, 0.1) is 11.8 Å². The molecule has 0 unspecified atom stereocenters. The fourth-order valence-electron chi connectivity index (χ4n) is 18.3. The van der Waals surface area contributed by atoms with E-state index in [0.29, 0.717) is 147 Å². The molecule has 7 aromatic carbocycles. The number of hydrogen-bond acceptors (Lipinski definition) is 21. The third kappa shape index (κ3) is 20.5. The van der Waals surface area contributed by atoms with Crippen molar-refractivity contribution < 1.29 is 81.1 Å². The van der Waals surface area contributed by atoms with Crippen LogP contribution in [0.25, 0.3) is 32.9 Å². The highest BCUT2D eigenvalue weighted by Gasteiger charge is 2.43. The molecule has 8 aliphatic heterocycles. The smallest absolute Gasteiger partial charge is 0.307 e. The van der Waals surface area contributed by atoms with Crippen LogP contribution < -0.4 is 24.8 Å². The van der Waals surface area contributed by atoms with Gasteiger partial charge in [0.1, 0.15) is 65.5 Å². The molecule has 32 heteroatoms. The number of para-hydroxylation sites is 3. The molecule has 0 saturated carbocycles. The summed E-state index contributed by atoms with van der Waals surface area (Å²) in [5, 5.41) is 44.0. The van der Waals surface area contributed by atoms with E-state index in [4.69, 9.17) is 78.9 Å². The third-order valence-electron chi connectivity index (χ3n) is 24.4. The first-order valence-electron chi connectivity index (χ1n) is 43.2. The second kappa shape index (κ2) is 39.9. The van der Waals surface area contributed by atoms with Crippen LogP contribution in [0.15, 0.2) is 135 Å². The first-order chi connectivity index (χ1) is 60.7. The van der Waals surface area contributed by atoms with Crippen molar-refractivity contribution >= 4 is 127 Å². The number of amides is 6. The number of carboxylic acid groups (broad SMARTS) is 1. The summed E-state index contributed by atoms with van der Waals surface area (Å²) in [6.07, 6.45) is 8.00. The first kappa shape index (κ1) is 89.8. The number of fused-ring (bicyclic) bond motifs is 7. The lowest BCUT2D eigenvalue weighted by Crippen LogP contribution is -2.47. The zero-order chi connectivity index (χ0) is 88.6. The van der Waals surface area contributed by atoms with Gasteiger partial charge in [-0.05, 0) is 192 Å². The molecule has 11 heterocycles. The van der Waals surface area contributed by atoms with Crippen molar-refractivity contribution in [2.75, 3.05) is 78.5 Å². The Kier molecular flexibility index (Phi) is 28.4. The van der Waals surface area contributed by atoms with Crippen LogP contribution in [0.2, 0.25) is 20.1 Å². The van der Waals surface area contributed by atoms with Crippen LogP contribution in [-0.4, -0.2) is 187 Å². The van der Waals surface area contributed by atoms with Crippen molar-refractivity contribution in [3.8, 4) is 23.0 Å². The van der Waals surface area contributed by atoms with Crippen molar-refractivity contribution in [3.05, 3.63) is 203 Å². The van der Waals surface area contributed by atoms with E-state index >= 15 is 0 Å². The van der Waals surface area contributed by atoms with Gasteiger partial charge in [0.2, 0.25) is 35.4 Å². The largest absolute Gasteiger partial charge is 0.508 e. The van der Waals surface area contributed by atoms with E-state index < -0.39 is 41.5 Å². The summed E-state index contributed by atoms with van der Waals surface area (Å²) in [6.45, 7) is 16.5. The number of carbonyl (C=O) groups is 8. The molecule has 4 saturated heterocycles. The number of likely N-dealkylation sites (tertiary alicyclic amines) is 4. The monoisotopic (exact) mass is 1800 g/mol. The van der Waals surface area contributed by atoms with Gasteiger partial charge in [-0.3, -0.25) is 38.4 Å². The molecule has 0 spiro atoms. The summed E-state index contributed by atoms with van der Waals surface area (Å²) in [6, 6.07) is 36.1. The molecule has 6 amide bonds. The molecule has 10 aromatic rings. The molecule has 18 rings (SSSR count). The standard InChI is InChI=1S/C31H36ClN3O6.C27H28ClN3O6.C22H22ClN3O3.C14H17ClN2O2/c1-19(16-28(37)40-31(2,3)4)30(38)35-15-13-20-22(32)11-12-26(29(20)24(35)17-34-14-7-10-27(34)36)39-18-23-21-8-5-6-9-25(21)41-33-23;1-16(13-25(33)34)27(35)31-12-10-17-19(28)8-9-23(26(17)21(31)14-30-11-4-7-24(30)32)36-15-20-18-5-2-3-6-22(18)37-29-20;23-16-7-8-20(28-13-18-15-4-1-2-5-19(15)29-25-18)22-14(16)9-10-24-17(22)12-26-11-3-6-21(26)27;15-10-3-4-12(18)14-9(10)5-6-16-11(14)8-17-7-1-2-13(17)19/h5-6,8-9,11-12,19,24H,7,10,13-18H2,1-4H3;2-3,5-6,8-9,16,21H,4,7,10-15H2,1H3,(H,33,34);1-2,4-5,7-8,17,24H,3,6,9-13H2;3-4,11,16,18H,1-2,5-8H2/t19-,24-;16-,21-;17-;11-/m1111/s1. The molecule has 126 heavy (non-hydrogen) atoms. The van der Waals surface area contributed by atoms with Gasteiger partial charge in [0, 0.05) is 161 Å². The summed E-state index contributed by atoms with van der Waals surface area (Å²) in [5.74, 6) is -0.515. The number of rotatable bonds is 23. The lowest BCUT2D eigenvalue weighted by atomic mass is 9.89. The maximum atomic E-state index is 13.9. The number of benzene rings is 7. The van der Waals surface area contributed by atoms with Gasteiger partial charge in [-0.15, -0.1) is 0 Å². The molecule has 4 N–H and O–H groups in total. The molecule has 664 valence electrons. The Balaban J connectivity index is 0.000000134. The zero-order valence-electron chi connectivity index (χ0n) is 71.1. The molecule has 8 aliphatic rings. The number of aliphatic carboxylic acids is 1. The molecule has 6 atom stereocenters. The van der Waals surface area contributed by atoms with Crippen LogP contribution in [0.4, 0.5) is 0 Å². The van der Waals surface area contributed by atoms with Gasteiger partial charge in [0.25, 0.3) is 0 Å². The van der Waals surface area contributed by atoms with Gasteiger partial charge >= 0.3 is 11.9 Å². The normalized spacial score (nSPS) is 19.0. The van der Waals surface area contributed by atoms with Crippen molar-refractivity contribution in [2.24, 2.45) is 11.8 Å². The number of aromatic hydroxyl groups is 1. The number of carbonyl (C=O) groups excluding carboxylic acids is 7. The van der Waals surface area contributed by atoms with Crippen LogP contribution in [0.5, 0.6) is 23.0 Å². The minimum atomic E-state index is -1.03. The summed E-state index contributed by atoms with van der Waals surface area (Å²) >= 11 is 26.0. The zero-order valence-corrected chi connectivity index (χ0v) is 74.1. The van der Waals surface area contributed by atoms with E-state index in [2.05, 4.69) is 26.1 Å². The highest BCUT2D eigenvalue weighted by atomic mass is 35.5. The second-order valence-corrected chi connectivity index (χ2v) is 35.7. The van der Waals surface area contributed by atoms with Gasteiger partial charge in [-0.1, -0.05) is 112 Å². The fourth-order valence-corrected chi connectivity index (χ4v) is 19.3. The molecule has 4 fully saturated rings. The number of halogens is 4. The van der Waals surface area contributed by atoms with Crippen molar-refractivity contribution in [3.63, 3.8) is 0 Å². The number of nitrogens with zero attached hydrogens (tertiary/aromatic N) is 9. The van der Waals surface area contributed by atoms with E-state index in [9.17, 15) is 48.6 Å². The maximum absolute atomic E-state index is 13.9. The number of carboxylic acids is 1. The number of phenolic OH excluding ortho intramolecular Hbond substituents is 1. The molecular weight excluding hydrogens is 1700 g/mol. The predicted octanol–water partition coefficient (Wildman–Crippen LogP) is 15.4. The van der Waals surface area contributed by atoms with Crippen molar-refractivity contribution in [2.45, 2.75) is 174 Å². The van der Waals surface area contributed by atoms with Crippen LogP contribution in [0.1, 0.15) is 185 Å². The molecule has 0 bridgehead atoms. The van der Waals surface area contributed by atoms with E-state index in [1.807, 2.05) is 94.7 Å². The van der Waals surface area contributed by atoms with Gasteiger partial charge < -0.3 is 82.8 Å². The number of aromatic nitrogens is 3. The van der Waals surface area contributed by atoms with E-state index in [-0.39, 0.29) is 79.3 Å². The molecule has 0 aliphatic carbocycles. The van der Waals surface area contributed by atoms with E-state index in [1.165, 1.54) is 0 Å². The number of hydrogen-bond donors (Lipinski definition) is 4. The highest BCUT2D eigenvalue weighted by molar-refractivity contribution is 6.32. The Bertz CT molecular complexity index is 5730. The minimum absolute atomic E-state index is 0.00329. The van der Waals surface area contributed by atoms with Crippen molar-refractivity contribution in [1.82, 2.24) is 55.5 Å². The van der Waals surface area contributed by atoms with Gasteiger partial charge in [-0.2, -0.15) is 0 Å². The van der Waals surface area contributed by atoms with Gasteiger partial charge in [0.15, 0.2) is 16.7 Å². The Morgan fingerprint density at radius 1 is 0.444 bits per heavy atom. The average molecular weight is 1800 g/mol. The first-order valence-corrected chi connectivity index (χ1v) is 44.7. The van der Waals surface area contributed by atoms with Crippen molar-refractivity contribution in [1.29, 1.82) is 0 Å². The maximum Gasteiger partial charge on any atom is 0.307 e. The topological polar surface area (TPSA) is 336 Å². The Hall–Kier alpha value is -11.0. The lowest BCUT2D eigenvalue weighted by Gasteiger charge is -2.41. The predicted molar refractivity (Wildman–Crippen MR) is 472 cm³/mol. The third-order valence-corrected chi connectivity index (χ3v) is 25.8. The summed E-state index contributed by atoms with van der Waals surface area (Å²) < 4.78 is 40.5. The number of esters is 1. The lowest BCUT2D eigenvalue weighted by molar-refractivity contribution is -0.158. The Labute approximate surface area is 749 Å². The SMILES string of the molecule is C[C@H](CC(=O)O)C(=O)N1CCc2c(Cl)ccc(OCc3noc4ccccc34)c2[C@H]1CN1CCCC1=O.C[C@H](CC(=O)OC(C)(C)C)C(=O)N1CCc2c(Cl)ccc(OCc3noc4ccccc34)c2[C@H]1CN1CCCC1=O.O=C1CCCN1C[C@H]1NCCc2c(Cl)ccc(O)c21.O=C1CCCN1C[C@H]1NCCc2c(Cl)ccc(OCc3noc4ccccc34)c21.